The predicted octanol–water partition coefficient (Wildman–Crippen LogP) is 7.70. The molecular formula is C33H50ClFN2O3. The van der Waals surface area contributed by atoms with E-state index in [1.54, 1.807) is 0 Å². The average molecular weight is 577 g/mol. The Hall–Kier alpha value is -1.82. The smallest absolute Gasteiger partial charge is 0.258 e. The van der Waals surface area contributed by atoms with Crippen LogP contribution < -0.4 is 15.4 Å². The summed E-state index contributed by atoms with van der Waals surface area (Å²) in [6.45, 7) is 7.65. The van der Waals surface area contributed by atoms with E-state index in [9.17, 15) is 14.0 Å². The highest BCUT2D eigenvalue weighted by molar-refractivity contribution is 6.30. The maximum Gasteiger partial charge on any atom is 0.258 e. The molecule has 2 amide bonds. The van der Waals surface area contributed by atoms with E-state index in [1.807, 2.05) is 0 Å². The summed E-state index contributed by atoms with van der Waals surface area (Å²) in [5, 5.41) is 6.34. The van der Waals surface area contributed by atoms with Crippen LogP contribution in [0.5, 0.6) is 5.75 Å². The third-order valence-corrected chi connectivity index (χ3v) is 10.7. The Morgan fingerprint density at radius 1 is 1.07 bits per heavy atom. The number of benzene rings is 1. The van der Waals surface area contributed by atoms with E-state index in [-0.39, 0.29) is 40.7 Å². The number of halogens is 2. The molecule has 1 aromatic carbocycles. The van der Waals surface area contributed by atoms with Crippen LogP contribution in [0, 0.1) is 40.8 Å². The van der Waals surface area contributed by atoms with Crippen LogP contribution >= 0.6 is 11.6 Å². The summed E-state index contributed by atoms with van der Waals surface area (Å²) >= 11 is 5.69. The molecule has 0 radical (unpaired) electrons. The zero-order valence-corrected chi connectivity index (χ0v) is 25.5. The lowest BCUT2D eigenvalue weighted by Crippen LogP contribution is -2.46. The van der Waals surface area contributed by atoms with Crippen molar-refractivity contribution in [1.82, 2.24) is 10.6 Å². The fraction of sp³-hybridized carbons (Fsp3) is 0.758. The van der Waals surface area contributed by atoms with Crippen LogP contribution in [0.2, 0.25) is 5.02 Å². The fourth-order valence-corrected chi connectivity index (χ4v) is 7.53. The van der Waals surface area contributed by atoms with Gasteiger partial charge in [-0.3, -0.25) is 9.59 Å². The molecule has 4 saturated carbocycles. The molecule has 2 bridgehead atoms. The van der Waals surface area contributed by atoms with Gasteiger partial charge in [0.25, 0.3) is 5.91 Å². The van der Waals surface area contributed by atoms with Crippen LogP contribution in [-0.4, -0.2) is 31.0 Å². The Morgan fingerprint density at radius 2 is 1.80 bits per heavy atom. The summed E-state index contributed by atoms with van der Waals surface area (Å²) in [4.78, 5) is 25.7. The second kappa shape index (κ2) is 14.4. The molecule has 224 valence electrons. The molecule has 40 heavy (non-hydrogen) atoms. The van der Waals surface area contributed by atoms with Gasteiger partial charge in [-0.2, -0.15) is 0 Å². The van der Waals surface area contributed by atoms with E-state index < -0.39 is 5.82 Å². The largest absolute Gasteiger partial charge is 0.484 e. The Bertz CT molecular complexity index is 990. The predicted molar refractivity (Wildman–Crippen MR) is 159 cm³/mol. The van der Waals surface area contributed by atoms with Crippen molar-refractivity contribution < 1.29 is 18.7 Å². The first-order valence-electron chi connectivity index (χ1n) is 15.8. The van der Waals surface area contributed by atoms with Crippen LogP contribution in [0.1, 0.15) is 104 Å². The average Bonchev–Trinajstić information content (AvgIpc) is 3.33. The Balaban J connectivity index is 1.14. The van der Waals surface area contributed by atoms with Crippen molar-refractivity contribution in [2.24, 2.45) is 35.0 Å². The van der Waals surface area contributed by atoms with Gasteiger partial charge in [0.2, 0.25) is 5.91 Å². The highest BCUT2D eigenvalue weighted by Crippen LogP contribution is 2.58. The van der Waals surface area contributed by atoms with Crippen molar-refractivity contribution in [2.75, 3.05) is 13.2 Å². The maximum absolute atomic E-state index is 13.6. The maximum atomic E-state index is 13.6. The molecule has 4 aliphatic carbocycles. The second-order valence-corrected chi connectivity index (χ2v) is 13.7. The standard InChI is InChI=1S/C33H50ClFN2O3/c1-4-24(12-11-22(2)23(3)15-25-9-7-5-6-8-10-25)20-36-32(39)33-17-26(18-33)30(19-33)37-31(38)21-40-27-13-14-28(34)29(35)16-27/h13-14,16,22-26,30H,4-12,15,17-21H2,1-3H3,(H,36,39)(H,37,38). The van der Waals surface area contributed by atoms with Gasteiger partial charge in [-0.25, -0.2) is 4.39 Å². The van der Waals surface area contributed by atoms with Crippen molar-refractivity contribution in [3.8, 4) is 5.75 Å². The van der Waals surface area contributed by atoms with Gasteiger partial charge >= 0.3 is 0 Å². The van der Waals surface area contributed by atoms with E-state index in [0.29, 0.717) is 18.3 Å². The normalized spacial score (nSPS) is 26.7. The lowest BCUT2D eigenvalue weighted by atomic mass is 9.69. The first-order chi connectivity index (χ1) is 19.2. The summed E-state index contributed by atoms with van der Waals surface area (Å²) in [7, 11) is 0. The summed E-state index contributed by atoms with van der Waals surface area (Å²) < 4.78 is 19.0. The molecule has 0 spiro atoms. The molecule has 7 heteroatoms. The van der Waals surface area contributed by atoms with Gasteiger partial charge in [0.15, 0.2) is 6.61 Å². The molecule has 4 fully saturated rings. The van der Waals surface area contributed by atoms with E-state index in [2.05, 4.69) is 31.4 Å². The van der Waals surface area contributed by atoms with Gasteiger partial charge in [0, 0.05) is 18.7 Å². The number of amides is 2. The summed E-state index contributed by atoms with van der Waals surface area (Å²) in [6, 6.07) is 4.10. The molecule has 5 nitrogen and oxygen atoms in total. The van der Waals surface area contributed by atoms with Crippen LogP contribution in [0.3, 0.4) is 0 Å². The third kappa shape index (κ3) is 8.14. The molecule has 0 aromatic heterocycles. The summed E-state index contributed by atoms with van der Waals surface area (Å²) in [6.07, 6.45) is 15.7. The number of carbonyl (C=O) groups is 2. The molecular weight excluding hydrogens is 527 g/mol. The molecule has 4 atom stereocenters. The van der Waals surface area contributed by atoms with Gasteiger partial charge < -0.3 is 15.4 Å². The van der Waals surface area contributed by atoms with Gasteiger partial charge in [-0.1, -0.05) is 83.7 Å². The first kappa shape index (κ1) is 31.1. The van der Waals surface area contributed by atoms with Crippen molar-refractivity contribution in [3.63, 3.8) is 0 Å². The minimum absolute atomic E-state index is 0.0124. The Kier molecular flexibility index (Phi) is 11.2. The minimum Gasteiger partial charge on any atom is -0.484 e. The van der Waals surface area contributed by atoms with Gasteiger partial charge in [0.05, 0.1) is 10.4 Å². The topological polar surface area (TPSA) is 67.4 Å². The zero-order valence-electron chi connectivity index (χ0n) is 24.8. The molecule has 2 N–H and O–H groups in total. The summed E-state index contributed by atoms with van der Waals surface area (Å²) in [5.74, 6) is 2.84. The molecule has 4 aliphatic rings. The highest BCUT2D eigenvalue weighted by atomic mass is 35.5. The Labute approximate surface area is 245 Å². The Morgan fingerprint density at radius 3 is 2.48 bits per heavy atom. The molecule has 0 heterocycles. The number of hydrogen-bond acceptors (Lipinski definition) is 3. The number of ether oxygens (including phenoxy) is 1. The fourth-order valence-electron chi connectivity index (χ4n) is 7.41. The number of nitrogens with one attached hydrogen (secondary N) is 2. The SMILES string of the molecule is CCC(CCC(C)C(C)CC1CCCCCC1)CNC(=O)C12CC(C1)C(NC(=O)COc1ccc(Cl)c(F)c1)C2. The first-order valence-corrected chi connectivity index (χ1v) is 16.2. The van der Waals surface area contributed by atoms with Gasteiger partial charge in [0.1, 0.15) is 11.6 Å². The quantitative estimate of drug-likeness (QED) is 0.223. The monoisotopic (exact) mass is 576 g/mol. The zero-order chi connectivity index (χ0) is 28.7. The minimum atomic E-state index is -0.580. The van der Waals surface area contributed by atoms with Crippen LogP contribution in [-0.2, 0) is 9.59 Å². The summed E-state index contributed by atoms with van der Waals surface area (Å²) in [5.41, 5.74) is -0.346. The number of rotatable bonds is 14. The lowest BCUT2D eigenvalue weighted by Gasteiger charge is -2.37. The van der Waals surface area contributed by atoms with Crippen molar-refractivity contribution in [2.45, 2.75) is 110 Å². The van der Waals surface area contributed by atoms with Crippen LogP contribution in [0.4, 0.5) is 4.39 Å². The molecule has 5 rings (SSSR count). The van der Waals surface area contributed by atoms with Gasteiger partial charge in [-0.15, -0.1) is 0 Å². The number of hydrogen-bond donors (Lipinski definition) is 2. The van der Waals surface area contributed by atoms with Crippen LogP contribution in [0.25, 0.3) is 0 Å². The van der Waals surface area contributed by atoms with E-state index in [0.717, 1.165) is 43.6 Å². The molecule has 0 aliphatic heterocycles. The van der Waals surface area contributed by atoms with E-state index in [4.69, 9.17) is 16.3 Å². The van der Waals surface area contributed by atoms with Gasteiger partial charge in [-0.05, 0) is 73.8 Å². The third-order valence-electron chi connectivity index (χ3n) is 10.4. The van der Waals surface area contributed by atoms with Crippen molar-refractivity contribution >= 4 is 23.4 Å². The van der Waals surface area contributed by atoms with Crippen molar-refractivity contribution in [3.05, 3.63) is 29.0 Å². The molecule has 0 saturated heterocycles. The van der Waals surface area contributed by atoms with Crippen molar-refractivity contribution in [1.29, 1.82) is 0 Å². The lowest BCUT2D eigenvalue weighted by molar-refractivity contribution is -0.135. The number of carbonyl (C=O) groups excluding carboxylic acids is 2. The molecule has 1 aromatic rings. The second-order valence-electron chi connectivity index (χ2n) is 13.3. The van der Waals surface area contributed by atoms with E-state index in [1.165, 1.54) is 76.0 Å². The number of fused-ring (bicyclic) bond motifs is 1. The molecule has 4 unspecified atom stereocenters. The highest BCUT2D eigenvalue weighted by Gasteiger charge is 2.60. The van der Waals surface area contributed by atoms with E-state index >= 15 is 0 Å². The van der Waals surface area contributed by atoms with Crippen LogP contribution in [0.15, 0.2) is 18.2 Å².